The number of nitrogens with one attached hydrogen (secondary N) is 1. The van der Waals surface area contributed by atoms with E-state index < -0.39 is 5.56 Å². The van der Waals surface area contributed by atoms with E-state index in [2.05, 4.69) is 10.3 Å². The van der Waals surface area contributed by atoms with Gasteiger partial charge < -0.3 is 9.73 Å². The van der Waals surface area contributed by atoms with Crippen LogP contribution in [0, 0.1) is 5.82 Å². The van der Waals surface area contributed by atoms with Gasteiger partial charge in [-0.2, -0.15) is 0 Å². The van der Waals surface area contributed by atoms with Crippen molar-refractivity contribution in [1.29, 1.82) is 0 Å². The van der Waals surface area contributed by atoms with Crippen molar-refractivity contribution in [2.45, 2.75) is 19.5 Å². The van der Waals surface area contributed by atoms with E-state index in [0.717, 1.165) is 10.9 Å². The number of hydrogen-bond donors (Lipinski definition) is 1. The minimum Gasteiger partial charge on any atom is -0.448 e. The first-order valence-electron chi connectivity index (χ1n) is 8.44. The molecule has 0 fully saturated rings. The van der Waals surface area contributed by atoms with E-state index >= 15 is 0 Å². The molecule has 0 bridgehead atoms. The highest BCUT2D eigenvalue weighted by Crippen LogP contribution is 2.24. The van der Waals surface area contributed by atoms with Gasteiger partial charge in [0.25, 0.3) is 5.56 Å². The number of rotatable bonds is 4. The Morgan fingerprint density at radius 3 is 2.74 bits per heavy atom. The fourth-order valence-electron chi connectivity index (χ4n) is 3.00. The van der Waals surface area contributed by atoms with Crippen molar-refractivity contribution in [2.24, 2.45) is 0 Å². The molecule has 0 spiro atoms. The predicted molar refractivity (Wildman–Crippen MR) is 98.7 cm³/mol. The Hall–Kier alpha value is -3.48. The van der Waals surface area contributed by atoms with Gasteiger partial charge >= 0.3 is 0 Å². The van der Waals surface area contributed by atoms with E-state index in [0.29, 0.717) is 11.1 Å². The molecule has 1 N–H and O–H groups in total. The Bertz CT molecular complexity index is 1190. The first-order valence-corrected chi connectivity index (χ1v) is 8.44. The molecule has 0 saturated carbocycles. The molecular formula is C20H16FN3O3. The fraction of sp³-hybridized carbons (Fsp3) is 0.150. The summed E-state index contributed by atoms with van der Waals surface area (Å²) in [4.78, 5) is 29.2. The smallest absolute Gasteiger partial charge is 0.297 e. The summed E-state index contributed by atoms with van der Waals surface area (Å²) in [6, 6.07) is 12.8. The third-order valence-corrected chi connectivity index (χ3v) is 4.41. The van der Waals surface area contributed by atoms with Crippen LogP contribution in [0.25, 0.3) is 22.1 Å². The van der Waals surface area contributed by atoms with Crippen LogP contribution in [-0.4, -0.2) is 15.5 Å². The average Bonchev–Trinajstić information content (AvgIpc) is 3.04. The molecule has 6 nitrogen and oxygen atoms in total. The molecule has 1 amide bonds. The van der Waals surface area contributed by atoms with E-state index in [1.807, 2.05) is 18.2 Å². The number of nitrogens with zero attached hydrogens (tertiary/aromatic N) is 2. The number of carbonyl (C=O) groups excluding carboxylic acids is 1. The summed E-state index contributed by atoms with van der Waals surface area (Å²) in [6.07, 6.45) is 1.34. The molecule has 2 heterocycles. The molecule has 4 rings (SSSR count). The van der Waals surface area contributed by atoms with E-state index in [1.165, 1.54) is 23.0 Å². The van der Waals surface area contributed by atoms with Crippen LogP contribution >= 0.6 is 0 Å². The van der Waals surface area contributed by atoms with Crippen LogP contribution in [0.4, 0.5) is 4.39 Å². The molecule has 4 aromatic rings. The SMILES string of the molecule is CC(NC(=O)Cn1cnc2c(oc3ccccc32)c1=O)c1ccc(F)cc1. The lowest BCUT2D eigenvalue weighted by molar-refractivity contribution is -0.122. The number of furan rings is 1. The van der Waals surface area contributed by atoms with Gasteiger partial charge in [0.2, 0.25) is 11.5 Å². The summed E-state index contributed by atoms with van der Waals surface area (Å²) in [5.41, 5.74) is 1.53. The Balaban J connectivity index is 1.56. The van der Waals surface area contributed by atoms with Gasteiger partial charge in [0.1, 0.15) is 23.5 Å². The molecule has 27 heavy (non-hydrogen) atoms. The van der Waals surface area contributed by atoms with Crippen molar-refractivity contribution in [2.75, 3.05) is 0 Å². The van der Waals surface area contributed by atoms with Crippen LogP contribution in [0.15, 0.2) is 64.1 Å². The van der Waals surface area contributed by atoms with Crippen LogP contribution in [-0.2, 0) is 11.3 Å². The second-order valence-electron chi connectivity index (χ2n) is 6.29. The third-order valence-electron chi connectivity index (χ3n) is 4.41. The minimum absolute atomic E-state index is 0.123. The van der Waals surface area contributed by atoms with Crippen molar-refractivity contribution < 1.29 is 13.6 Å². The van der Waals surface area contributed by atoms with E-state index in [-0.39, 0.29) is 29.9 Å². The summed E-state index contributed by atoms with van der Waals surface area (Å²) >= 11 is 0. The molecule has 0 aliphatic rings. The summed E-state index contributed by atoms with van der Waals surface area (Å²) in [7, 11) is 0. The highest BCUT2D eigenvalue weighted by molar-refractivity contribution is 6.01. The zero-order valence-electron chi connectivity index (χ0n) is 14.5. The molecule has 0 aliphatic heterocycles. The molecular weight excluding hydrogens is 349 g/mol. The quantitative estimate of drug-likeness (QED) is 0.603. The Morgan fingerprint density at radius 1 is 1.22 bits per heavy atom. The summed E-state index contributed by atoms with van der Waals surface area (Å²) in [5.74, 6) is -0.694. The zero-order valence-corrected chi connectivity index (χ0v) is 14.5. The Morgan fingerprint density at radius 2 is 1.96 bits per heavy atom. The third kappa shape index (κ3) is 3.19. The van der Waals surface area contributed by atoms with Gasteiger partial charge in [-0.25, -0.2) is 9.37 Å². The van der Waals surface area contributed by atoms with E-state index in [9.17, 15) is 14.0 Å². The molecule has 0 aliphatic carbocycles. The number of aromatic nitrogens is 2. The Labute approximate surface area is 153 Å². The first-order chi connectivity index (χ1) is 13.0. The maximum atomic E-state index is 13.0. The number of hydrogen-bond acceptors (Lipinski definition) is 4. The molecule has 2 aromatic heterocycles. The average molecular weight is 365 g/mol. The highest BCUT2D eigenvalue weighted by Gasteiger charge is 2.15. The van der Waals surface area contributed by atoms with E-state index in [1.54, 1.807) is 25.1 Å². The van der Waals surface area contributed by atoms with Crippen molar-refractivity contribution in [3.63, 3.8) is 0 Å². The lowest BCUT2D eigenvalue weighted by atomic mass is 10.1. The second-order valence-corrected chi connectivity index (χ2v) is 6.29. The van der Waals surface area contributed by atoms with Gasteiger partial charge in [-0.15, -0.1) is 0 Å². The molecule has 7 heteroatoms. The monoisotopic (exact) mass is 365 g/mol. The summed E-state index contributed by atoms with van der Waals surface area (Å²) < 4.78 is 19.8. The fourth-order valence-corrected chi connectivity index (χ4v) is 3.00. The number of para-hydroxylation sites is 1. The van der Waals surface area contributed by atoms with Crippen LogP contribution in [0.1, 0.15) is 18.5 Å². The van der Waals surface area contributed by atoms with Gasteiger partial charge in [-0.3, -0.25) is 14.2 Å². The summed E-state index contributed by atoms with van der Waals surface area (Å²) in [5, 5.41) is 3.54. The van der Waals surface area contributed by atoms with Crippen molar-refractivity contribution in [3.05, 3.63) is 76.6 Å². The molecule has 2 aromatic carbocycles. The number of fused-ring (bicyclic) bond motifs is 3. The normalized spacial score (nSPS) is 12.4. The summed E-state index contributed by atoms with van der Waals surface area (Å²) in [6.45, 7) is 1.60. The van der Waals surface area contributed by atoms with Crippen LogP contribution in [0.5, 0.6) is 0 Å². The molecule has 1 unspecified atom stereocenters. The highest BCUT2D eigenvalue weighted by atomic mass is 19.1. The predicted octanol–water partition coefficient (Wildman–Crippen LogP) is 3.16. The number of benzene rings is 2. The van der Waals surface area contributed by atoms with Crippen LogP contribution in [0.3, 0.4) is 0 Å². The topological polar surface area (TPSA) is 77.1 Å². The van der Waals surface area contributed by atoms with Crippen LogP contribution < -0.4 is 10.9 Å². The lowest BCUT2D eigenvalue weighted by Gasteiger charge is -2.14. The maximum absolute atomic E-state index is 13.0. The molecule has 0 radical (unpaired) electrons. The maximum Gasteiger partial charge on any atom is 0.297 e. The number of carbonyl (C=O) groups is 1. The van der Waals surface area contributed by atoms with Gasteiger partial charge in [0.15, 0.2) is 0 Å². The Kier molecular flexibility index (Phi) is 4.19. The molecule has 1 atom stereocenters. The standard InChI is InChI=1S/C20H16FN3O3/c1-12(13-6-8-14(21)9-7-13)23-17(25)10-24-11-22-18-15-4-2-3-5-16(15)27-19(18)20(24)26/h2-9,11-12H,10H2,1H3,(H,23,25). The first kappa shape index (κ1) is 17.0. The van der Waals surface area contributed by atoms with Crippen molar-refractivity contribution in [3.8, 4) is 0 Å². The lowest BCUT2D eigenvalue weighted by Crippen LogP contribution is -2.33. The number of halogens is 1. The van der Waals surface area contributed by atoms with Gasteiger partial charge in [0, 0.05) is 5.39 Å². The molecule has 136 valence electrons. The van der Waals surface area contributed by atoms with Crippen LogP contribution in [0.2, 0.25) is 0 Å². The second kappa shape index (κ2) is 6.68. The van der Waals surface area contributed by atoms with Gasteiger partial charge in [-0.1, -0.05) is 24.3 Å². The van der Waals surface area contributed by atoms with Gasteiger partial charge in [0.05, 0.1) is 12.4 Å². The minimum atomic E-state index is -0.416. The van der Waals surface area contributed by atoms with Crippen molar-refractivity contribution in [1.82, 2.24) is 14.9 Å². The largest absolute Gasteiger partial charge is 0.448 e. The van der Waals surface area contributed by atoms with E-state index in [4.69, 9.17) is 4.42 Å². The zero-order chi connectivity index (χ0) is 19.0. The van der Waals surface area contributed by atoms with Crippen molar-refractivity contribution >= 4 is 28.0 Å². The number of amides is 1. The molecule has 0 saturated heterocycles. The van der Waals surface area contributed by atoms with Gasteiger partial charge in [-0.05, 0) is 36.8 Å².